The molecule has 4 heteroatoms. The molecule has 148 valence electrons. The van der Waals surface area contributed by atoms with E-state index in [9.17, 15) is 9.59 Å². The molecule has 3 aromatic rings. The summed E-state index contributed by atoms with van der Waals surface area (Å²) in [4.78, 5) is 22.8. The number of benzene rings is 3. The van der Waals surface area contributed by atoms with Crippen LogP contribution in [0.1, 0.15) is 40.7 Å². The van der Waals surface area contributed by atoms with E-state index in [1.54, 1.807) is 19.2 Å². The Morgan fingerprint density at radius 1 is 0.793 bits per heavy atom. The second-order valence-electron chi connectivity index (χ2n) is 7.03. The summed E-state index contributed by atoms with van der Waals surface area (Å²) in [5.74, 6) is -0.281. The minimum absolute atomic E-state index is 0.0136. The van der Waals surface area contributed by atoms with Crippen molar-refractivity contribution in [2.24, 2.45) is 0 Å². The number of esters is 1. The van der Waals surface area contributed by atoms with Gasteiger partial charge in [-0.3, -0.25) is 4.79 Å². The molecule has 0 heterocycles. The average molecular weight is 388 g/mol. The number of aryl methyl sites for hydroxylation is 2. The van der Waals surface area contributed by atoms with Crippen LogP contribution in [0.4, 0.5) is 0 Å². The third kappa shape index (κ3) is 4.54. The third-order valence-electron chi connectivity index (χ3n) is 4.97. The summed E-state index contributed by atoms with van der Waals surface area (Å²) in [5.41, 5.74) is 5.55. The number of Topliss-reactive ketones (excluding diaryl/α,β-unsaturated/α-hetero) is 1. The van der Waals surface area contributed by atoms with Crippen molar-refractivity contribution in [1.29, 1.82) is 0 Å². The normalized spacial score (nSPS) is 11.6. The maximum absolute atomic E-state index is 11.6. The molecule has 0 saturated heterocycles. The lowest BCUT2D eigenvalue weighted by atomic mass is 9.81. The van der Waals surface area contributed by atoms with Gasteiger partial charge in [0.25, 0.3) is 0 Å². The molecule has 0 aromatic heterocycles. The predicted molar refractivity (Wildman–Crippen MR) is 113 cm³/mol. The molecule has 0 aliphatic rings. The second-order valence-corrected chi connectivity index (χ2v) is 7.03. The maximum atomic E-state index is 11.6. The highest BCUT2D eigenvalue weighted by atomic mass is 16.5. The van der Waals surface area contributed by atoms with Crippen molar-refractivity contribution in [3.63, 3.8) is 0 Å². The number of carbonyl (C=O) groups excluding carboxylic acids is 2. The molecule has 0 aliphatic heterocycles. The largest absolute Gasteiger partial charge is 0.497 e. The van der Waals surface area contributed by atoms with E-state index in [0.29, 0.717) is 5.75 Å². The number of hydrogen-bond acceptors (Lipinski definition) is 4. The van der Waals surface area contributed by atoms with E-state index in [0.717, 1.165) is 28.0 Å². The highest BCUT2D eigenvalue weighted by Crippen LogP contribution is 2.37. The van der Waals surface area contributed by atoms with E-state index in [1.165, 1.54) is 12.5 Å². The van der Waals surface area contributed by atoms with Gasteiger partial charge in [0.05, 0.1) is 7.11 Å². The first-order chi connectivity index (χ1) is 13.9. The van der Waals surface area contributed by atoms with Gasteiger partial charge in [0, 0.05) is 12.8 Å². The van der Waals surface area contributed by atoms with Gasteiger partial charge in [-0.1, -0.05) is 42.5 Å². The van der Waals surface area contributed by atoms with E-state index < -0.39 is 11.8 Å². The second kappa shape index (κ2) is 8.74. The molecule has 0 spiro atoms. The minimum Gasteiger partial charge on any atom is -0.497 e. The van der Waals surface area contributed by atoms with Crippen molar-refractivity contribution in [1.82, 2.24) is 0 Å². The predicted octanol–water partition coefficient (Wildman–Crippen LogP) is 4.99. The zero-order valence-electron chi connectivity index (χ0n) is 17.1. The van der Waals surface area contributed by atoms with E-state index in [2.05, 4.69) is 25.1 Å². The van der Waals surface area contributed by atoms with Crippen LogP contribution in [0.15, 0.2) is 66.7 Å². The van der Waals surface area contributed by atoms with Gasteiger partial charge < -0.3 is 9.47 Å². The summed E-state index contributed by atoms with van der Waals surface area (Å²) < 4.78 is 10.5. The monoisotopic (exact) mass is 388 g/mol. The van der Waals surface area contributed by atoms with E-state index >= 15 is 0 Å². The maximum Gasteiger partial charge on any atom is 0.379 e. The fourth-order valence-corrected chi connectivity index (χ4v) is 3.49. The SMILES string of the molecule is COc1ccc(C(c2ccccc2)c2ccc(OC(=O)C(C)=O)cc2C)c(C)c1. The Morgan fingerprint density at radius 3 is 1.86 bits per heavy atom. The summed E-state index contributed by atoms with van der Waals surface area (Å²) in [6.07, 6.45) is 0. The molecule has 0 saturated carbocycles. The molecule has 0 bridgehead atoms. The minimum atomic E-state index is -0.859. The molecule has 1 unspecified atom stereocenters. The van der Waals surface area contributed by atoms with Crippen LogP contribution in [0.25, 0.3) is 0 Å². The molecule has 4 nitrogen and oxygen atoms in total. The molecule has 29 heavy (non-hydrogen) atoms. The number of ether oxygens (including phenoxy) is 2. The molecule has 3 aromatic carbocycles. The Labute approximate surface area is 171 Å². The Kier molecular flexibility index (Phi) is 6.13. The molecule has 0 radical (unpaired) electrons. The highest BCUT2D eigenvalue weighted by Gasteiger charge is 2.21. The van der Waals surface area contributed by atoms with E-state index in [1.807, 2.05) is 43.3 Å². The summed E-state index contributed by atoms with van der Waals surface area (Å²) in [7, 11) is 1.66. The molecule has 0 amide bonds. The van der Waals surface area contributed by atoms with Gasteiger partial charge in [0.15, 0.2) is 0 Å². The van der Waals surface area contributed by atoms with Crippen molar-refractivity contribution in [3.05, 3.63) is 94.5 Å². The molecular formula is C25H24O4. The lowest BCUT2D eigenvalue weighted by Gasteiger charge is -2.23. The van der Waals surface area contributed by atoms with Crippen LogP contribution in [0.5, 0.6) is 11.5 Å². The van der Waals surface area contributed by atoms with Crippen molar-refractivity contribution >= 4 is 11.8 Å². The molecule has 0 fully saturated rings. The average Bonchev–Trinajstić information content (AvgIpc) is 2.71. The van der Waals surface area contributed by atoms with Gasteiger partial charge in [0.2, 0.25) is 5.78 Å². The summed E-state index contributed by atoms with van der Waals surface area (Å²) in [5, 5.41) is 0. The van der Waals surface area contributed by atoms with Crippen LogP contribution in [0, 0.1) is 13.8 Å². The van der Waals surface area contributed by atoms with Crippen molar-refractivity contribution in [2.45, 2.75) is 26.7 Å². The summed E-state index contributed by atoms with van der Waals surface area (Å²) in [6.45, 7) is 5.25. The van der Waals surface area contributed by atoms with E-state index in [-0.39, 0.29) is 5.92 Å². The number of hydrogen-bond donors (Lipinski definition) is 0. The van der Waals surface area contributed by atoms with Crippen molar-refractivity contribution in [2.75, 3.05) is 7.11 Å². The Bertz CT molecular complexity index is 1040. The van der Waals surface area contributed by atoms with Crippen LogP contribution >= 0.6 is 0 Å². The number of methoxy groups -OCH3 is 1. The van der Waals surface area contributed by atoms with Crippen LogP contribution in [0.2, 0.25) is 0 Å². The number of carbonyl (C=O) groups is 2. The van der Waals surface area contributed by atoms with Gasteiger partial charge in [-0.05, 0) is 65.9 Å². The van der Waals surface area contributed by atoms with Crippen LogP contribution < -0.4 is 9.47 Å². The highest BCUT2D eigenvalue weighted by molar-refractivity contribution is 6.33. The molecule has 3 rings (SSSR count). The van der Waals surface area contributed by atoms with Gasteiger partial charge in [-0.25, -0.2) is 4.79 Å². The first-order valence-electron chi connectivity index (χ1n) is 9.43. The van der Waals surface area contributed by atoms with Crippen LogP contribution in [-0.4, -0.2) is 18.9 Å². The molecular weight excluding hydrogens is 364 g/mol. The van der Waals surface area contributed by atoms with Crippen molar-refractivity contribution in [3.8, 4) is 11.5 Å². The fourth-order valence-electron chi connectivity index (χ4n) is 3.49. The Hall–Kier alpha value is -3.40. The van der Waals surface area contributed by atoms with Gasteiger partial charge in [-0.2, -0.15) is 0 Å². The summed E-state index contributed by atoms with van der Waals surface area (Å²) in [6, 6.07) is 21.9. The zero-order chi connectivity index (χ0) is 21.0. The standard InChI is InChI=1S/C25H24O4/c1-16-14-20(28-4)10-12-22(16)24(19-8-6-5-7-9-19)23-13-11-21(15-17(23)2)29-25(27)18(3)26/h5-15,24H,1-4H3. The third-order valence-corrected chi connectivity index (χ3v) is 4.97. The Morgan fingerprint density at radius 2 is 1.34 bits per heavy atom. The lowest BCUT2D eigenvalue weighted by molar-refractivity contribution is -0.146. The molecule has 1 atom stereocenters. The van der Waals surface area contributed by atoms with Gasteiger partial charge in [-0.15, -0.1) is 0 Å². The molecule has 0 N–H and O–H groups in total. The quantitative estimate of drug-likeness (QED) is 0.258. The zero-order valence-corrected chi connectivity index (χ0v) is 17.1. The number of rotatable bonds is 6. The van der Waals surface area contributed by atoms with Gasteiger partial charge in [0.1, 0.15) is 11.5 Å². The van der Waals surface area contributed by atoms with Gasteiger partial charge >= 0.3 is 5.97 Å². The topological polar surface area (TPSA) is 52.6 Å². The van der Waals surface area contributed by atoms with Crippen molar-refractivity contribution < 1.29 is 19.1 Å². The first-order valence-corrected chi connectivity index (χ1v) is 9.43. The molecule has 0 aliphatic carbocycles. The fraction of sp³-hybridized carbons (Fsp3) is 0.200. The summed E-state index contributed by atoms with van der Waals surface area (Å²) >= 11 is 0. The first kappa shape index (κ1) is 20.3. The van der Waals surface area contributed by atoms with Crippen LogP contribution in [-0.2, 0) is 9.59 Å². The Balaban J connectivity index is 2.08. The number of ketones is 1. The lowest BCUT2D eigenvalue weighted by Crippen LogP contribution is -2.17. The van der Waals surface area contributed by atoms with E-state index in [4.69, 9.17) is 9.47 Å². The smallest absolute Gasteiger partial charge is 0.379 e. The van der Waals surface area contributed by atoms with Crippen LogP contribution in [0.3, 0.4) is 0 Å².